The third-order valence-corrected chi connectivity index (χ3v) is 3.64. The van der Waals surface area contributed by atoms with Crippen molar-refractivity contribution in [3.63, 3.8) is 0 Å². The minimum atomic E-state index is 0.551. The molecule has 2 rings (SSSR count). The van der Waals surface area contributed by atoms with Crippen LogP contribution in [0.15, 0.2) is 24.3 Å². The van der Waals surface area contributed by atoms with Gasteiger partial charge in [0, 0.05) is 24.0 Å². The summed E-state index contributed by atoms with van der Waals surface area (Å²) >= 11 is 6.15. The standard InChI is InChI=1S/C17H24ClN5O/c1-12-10-16(21-13-6-7-15(24-4)14(18)11-13)22-17(20-12)19-8-5-9-23(2)3/h6-7,10-11H,5,8-9H2,1-4H3,(H2,19,20,21,22). The van der Waals surface area contributed by atoms with Gasteiger partial charge in [-0.25, -0.2) is 4.98 Å². The summed E-state index contributed by atoms with van der Waals surface area (Å²) < 4.78 is 5.16. The van der Waals surface area contributed by atoms with Gasteiger partial charge in [0.15, 0.2) is 0 Å². The zero-order valence-corrected chi connectivity index (χ0v) is 15.3. The van der Waals surface area contributed by atoms with E-state index in [0.29, 0.717) is 16.7 Å². The lowest BCUT2D eigenvalue weighted by atomic mass is 10.3. The number of anilines is 3. The van der Waals surface area contributed by atoms with E-state index in [1.807, 2.05) is 31.2 Å². The van der Waals surface area contributed by atoms with Crippen LogP contribution in [0.1, 0.15) is 12.1 Å². The average Bonchev–Trinajstić information content (AvgIpc) is 2.51. The van der Waals surface area contributed by atoms with Crippen molar-refractivity contribution in [2.45, 2.75) is 13.3 Å². The smallest absolute Gasteiger partial charge is 0.224 e. The van der Waals surface area contributed by atoms with Crippen molar-refractivity contribution >= 4 is 29.1 Å². The normalized spacial score (nSPS) is 10.8. The van der Waals surface area contributed by atoms with E-state index in [-0.39, 0.29) is 0 Å². The number of hydrogen-bond acceptors (Lipinski definition) is 6. The van der Waals surface area contributed by atoms with Gasteiger partial charge in [0.2, 0.25) is 5.95 Å². The molecule has 1 aromatic heterocycles. The summed E-state index contributed by atoms with van der Waals surface area (Å²) in [5, 5.41) is 7.06. The van der Waals surface area contributed by atoms with Crippen LogP contribution in [-0.4, -0.2) is 49.2 Å². The minimum absolute atomic E-state index is 0.551. The summed E-state index contributed by atoms with van der Waals surface area (Å²) in [6, 6.07) is 7.41. The van der Waals surface area contributed by atoms with E-state index in [1.54, 1.807) is 7.11 Å². The zero-order chi connectivity index (χ0) is 17.5. The van der Waals surface area contributed by atoms with Crippen molar-refractivity contribution in [1.82, 2.24) is 14.9 Å². The largest absolute Gasteiger partial charge is 0.495 e. The quantitative estimate of drug-likeness (QED) is 0.710. The van der Waals surface area contributed by atoms with Gasteiger partial charge in [-0.1, -0.05) is 11.6 Å². The molecule has 130 valence electrons. The van der Waals surface area contributed by atoms with E-state index in [2.05, 4.69) is 39.6 Å². The zero-order valence-electron chi connectivity index (χ0n) is 14.6. The van der Waals surface area contributed by atoms with Crippen molar-refractivity contribution < 1.29 is 4.74 Å². The predicted octanol–water partition coefficient (Wildman–Crippen LogP) is 3.55. The van der Waals surface area contributed by atoms with Gasteiger partial charge in [-0.2, -0.15) is 4.98 Å². The van der Waals surface area contributed by atoms with Crippen LogP contribution in [0.5, 0.6) is 5.75 Å². The second-order valence-electron chi connectivity index (χ2n) is 5.78. The van der Waals surface area contributed by atoms with Crippen LogP contribution in [-0.2, 0) is 0 Å². The first-order valence-electron chi connectivity index (χ1n) is 7.83. The van der Waals surface area contributed by atoms with E-state index in [0.717, 1.165) is 36.7 Å². The Morgan fingerprint density at radius 2 is 2.00 bits per heavy atom. The lowest BCUT2D eigenvalue weighted by molar-refractivity contribution is 0.405. The number of hydrogen-bond donors (Lipinski definition) is 2. The molecule has 1 heterocycles. The fourth-order valence-electron chi connectivity index (χ4n) is 2.20. The number of aromatic nitrogens is 2. The molecule has 0 spiro atoms. The highest BCUT2D eigenvalue weighted by Crippen LogP contribution is 2.28. The number of aryl methyl sites for hydroxylation is 1. The molecule has 0 aliphatic rings. The molecule has 2 aromatic rings. The summed E-state index contributed by atoms with van der Waals surface area (Å²) in [5.74, 6) is 1.99. The van der Waals surface area contributed by atoms with Crippen LogP contribution >= 0.6 is 11.6 Å². The maximum absolute atomic E-state index is 6.15. The van der Waals surface area contributed by atoms with Crippen molar-refractivity contribution in [3.05, 3.63) is 35.0 Å². The highest BCUT2D eigenvalue weighted by atomic mass is 35.5. The third-order valence-electron chi connectivity index (χ3n) is 3.34. The Morgan fingerprint density at radius 1 is 1.21 bits per heavy atom. The molecule has 0 fully saturated rings. The van der Waals surface area contributed by atoms with E-state index in [9.17, 15) is 0 Å². The van der Waals surface area contributed by atoms with E-state index >= 15 is 0 Å². The molecule has 2 N–H and O–H groups in total. The molecule has 0 saturated heterocycles. The van der Waals surface area contributed by atoms with Crippen LogP contribution in [0.4, 0.5) is 17.5 Å². The van der Waals surface area contributed by atoms with Gasteiger partial charge >= 0.3 is 0 Å². The second kappa shape index (κ2) is 8.70. The van der Waals surface area contributed by atoms with Crippen molar-refractivity contribution in [3.8, 4) is 5.75 Å². The maximum atomic E-state index is 6.15. The molecule has 0 radical (unpaired) electrons. The van der Waals surface area contributed by atoms with E-state index < -0.39 is 0 Å². The Morgan fingerprint density at radius 3 is 2.67 bits per heavy atom. The summed E-state index contributed by atoms with van der Waals surface area (Å²) in [5.41, 5.74) is 1.74. The highest BCUT2D eigenvalue weighted by molar-refractivity contribution is 6.32. The predicted molar refractivity (Wildman–Crippen MR) is 99.7 cm³/mol. The first-order valence-corrected chi connectivity index (χ1v) is 8.20. The maximum Gasteiger partial charge on any atom is 0.224 e. The Balaban J connectivity index is 2.03. The fraction of sp³-hybridized carbons (Fsp3) is 0.412. The van der Waals surface area contributed by atoms with Crippen LogP contribution in [0.25, 0.3) is 0 Å². The van der Waals surface area contributed by atoms with Gasteiger partial charge in [0.1, 0.15) is 11.6 Å². The molecule has 7 heteroatoms. The number of rotatable bonds is 8. The molecule has 24 heavy (non-hydrogen) atoms. The molecule has 0 bridgehead atoms. The lowest BCUT2D eigenvalue weighted by Crippen LogP contribution is -2.17. The molecular formula is C17H24ClN5O. The molecule has 0 aliphatic carbocycles. The lowest BCUT2D eigenvalue weighted by Gasteiger charge is -2.12. The van der Waals surface area contributed by atoms with Crippen LogP contribution in [0.2, 0.25) is 5.02 Å². The van der Waals surface area contributed by atoms with Gasteiger partial charge < -0.3 is 20.3 Å². The molecule has 0 amide bonds. The molecular weight excluding hydrogens is 326 g/mol. The second-order valence-corrected chi connectivity index (χ2v) is 6.18. The van der Waals surface area contributed by atoms with E-state index in [4.69, 9.17) is 16.3 Å². The molecule has 0 aliphatic heterocycles. The van der Waals surface area contributed by atoms with Crippen molar-refractivity contribution in [2.24, 2.45) is 0 Å². The number of nitrogens with zero attached hydrogens (tertiary/aromatic N) is 3. The first-order chi connectivity index (χ1) is 11.5. The Bertz CT molecular complexity index is 678. The Labute approximate surface area is 148 Å². The summed E-state index contributed by atoms with van der Waals surface area (Å²) in [6.07, 6.45) is 1.03. The monoisotopic (exact) mass is 349 g/mol. The highest BCUT2D eigenvalue weighted by Gasteiger charge is 2.05. The number of halogens is 1. The summed E-state index contributed by atoms with van der Waals surface area (Å²) in [7, 11) is 5.71. The number of benzene rings is 1. The Kier molecular flexibility index (Phi) is 6.63. The SMILES string of the molecule is COc1ccc(Nc2cc(C)nc(NCCCN(C)C)n2)cc1Cl. The number of nitrogens with one attached hydrogen (secondary N) is 2. The third kappa shape index (κ3) is 5.54. The summed E-state index contributed by atoms with van der Waals surface area (Å²) in [4.78, 5) is 11.1. The fourth-order valence-corrected chi connectivity index (χ4v) is 2.46. The molecule has 1 aromatic carbocycles. The van der Waals surface area contributed by atoms with Crippen molar-refractivity contribution in [1.29, 1.82) is 0 Å². The van der Waals surface area contributed by atoms with Crippen molar-refractivity contribution in [2.75, 3.05) is 44.9 Å². The van der Waals surface area contributed by atoms with Gasteiger partial charge in [0.05, 0.1) is 12.1 Å². The van der Waals surface area contributed by atoms with Crippen LogP contribution in [0.3, 0.4) is 0 Å². The topological polar surface area (TPSA) is 62.3 Å². The number of methoxy groups -OCH3 is 1. The minimum Gasteiger partial charge on any atom is -0.495 e. The van der Waals surface area contributed by atoms with Gasteiger partial charge in [-0.3, -0.25) is 0 Å². The van der Waals surface area contributed by atoms with E-state index in [1.165, 1.54) is 0 Å². The number of ether oxygens (including phenoxy) is 1. The average molecular weight is 350 g/mol. The Hall–Kier alpha value is -2.05. The summed E-state index contributed by atoms with van der Waals surface area (Å²) in [6.45, 7) is 3.79. The molecule has 0 unspecified atom stereocenters. The van der Waals surface area contributed by atoms with Gasteiger partial charge in [-0.15, -0.1) is 0 Å². The van der Waals surface area contributed by atoms with Crippen LogP contribution < -0.4 is 15.4 Å². The first kappa shape index (κ1) is 18.3. The van der Waals surface area contributed by atoms with Gasteiger partial charge in [-0.05, 0) is 52.2 Å². The van der Waals surface area contributed by atoms with Crippen LogP contribution in [0, 0.1) is 6.92 Å². The molecule has 0 saturated carbocycles. The molecule has 6 nitrogen and oxygen atoms in total. The van der Waals surface area contributed by atoms with Gasteiger partial charge in [0.25, 0.3) is 0 Å². The molecule has 0 atom stereocenters.